The zero-order chi connectivity index (χ0) is 20.5. The van der Waals surface area contributed by atoms with E-state index in [-0.39, 0.29) is 17.5 Å². The Morgan fingerprint density at radius 1 is 1.10 bits per heavy atom. The van der Waals surface area contributed by atoms with Gasteiger partial charge in [-0.05, 0) is 61.5 Å². The Hall–Kier alpha value is -3.16. The first-order valence-electron chi connectivity index (χ1n) is 8.94. The van der Waals surface area contributed by atoms with E-state index < -0.39 is 5.97 Å². The lowest BCUT2D eigenvalue weighted by molar-refractivity contribution is -0.114. The van der Waals surface area contributed by atoms with E-state index >= 15 is 0 Å². The highest BCUT2D eigenvalue weighted by Crippen LogP contribution is 2.28. The Kier molecular flexibility index (Phi) is 5.08. The second kappa shape index (κ2) is 7.69. The van der Waals surface area contributed by atoms with Crippen molar-refractivity contribution in [1.82, 2.24) is 5.43 Å². The number of aromatic carboxylic acids is 1. The van der Waals surface area contributed by atoms with E-state index in [1.54, 1.807) is 18.2 Å². The lowest BCUT2D eigenvalue weighted by Gasteiger charge is -2.16. The first-order chi connectivity index (χ1) is 13.9. The fraction of sp³-hybridized carbons (Fsp3) is 0.0909. The zero-order valence-electron chi connectivity index (χ0n) is 15.4. The molecular weight excluding hydrogens is 436 g/mol. The Labute approximate surface area is 175 Å². The molecule has 7 heteroatoms. The standard InChI is InChI=1S/C22H17BrN2O4/c1-13-19(12-18-10-11-20(29-18)14-2-6-16(23)7-3-14)21(26)25(24-13)17-8-4-15(5-9-17)22(27)28/h2-13,24H,1H3,(H,27,28)/b19-12+. The van der Waals surface area contributed by atoms with Crippen LogP contribution in [0.1, 0.15) is 23.0 Å². The van der Waals surface area contributed by atoms with Crippen LogP contribution in [0.4, 0.5) is 5.69 Å². The Morgan fingerprint density at radius 2 is 1.79 bits per heavy atom. The molecule has 1 aromatic heterocycles. The number of furan rings is 1. The van der Waals surface area contributed by atoms with Crippen molar-refractivity contribution in [2.24, 2.45) is 0 Å². The van der Waals surface area contributed by atoms with Crippen molar-refractivity contribution in [2.45, 2.75) is 13.0 Å². The first-order valence-corrected chi connectivity index (χ1v) is 9.73. The van der Waals surface area contributed by atoms with Crippen LogP contribution in [-0.4, -0.2) is 23.0 Å². The molecule has 1 unspecified atom stereocenters. The summed E-state index contributed by atoms with van der Waals surface area (Å²) in [5, 5.41) is 10.4. The van der Waals surface area contributed by atoms with Gasteiger partial charge in [0.05, 0.1) is 17.3 Å². The van der Waals surface area contributed by atoms with Crippen LogP contribution in [0.25, 0.3) is 17.4 Å². The molecule has 1 saturated heterocycles. The summed E-state index contributed by atoms with van der Waals surface area (Å²) in [5.74, 6) is 0.0901. The molecule has 0 radical (unpaired) electrons. The van der Waals surface area contributed by atoms with Crippen LogP contribution in [-0.2, 0) is 4.79 Å². The summed E-state index contributed by atoms with van der Waals surface area (Å²) >= 11 is 3.41. The van der Waals surface area contributed by atoms with Crippen molar-refractivity contribution < 1.29 is 19.1 Å². The molecule has 29 heavy (non-hydrogen) atoms. The van der Waals surface area contributed by atoms with E-state index in [0.717, 1.165) is 15.8 Å². The van der Waals surface area contributed by atoms with Crippen molar-refractivity contribution >= 4 is 39.6 Å². The number of rotatable bonds is 4. The van der Waals surface area contributed by atoms with Gasteiger partial charge in [0.25, 0.3) is 5.91 Å². The minimum absolute atomic E-state index is 0.167. The average Bonchev–Trinajstić information content (AvgIpc) is 3.29. The van der Waals surface area contributed by atoms with Gasteiger partial charge in [0.15, 0.2) is 0 Å². The van der Waals surface area contributed by atoms with Gasteiger partial charge in [0.2, 0.25) is 0 Å². The summed E-state index contributed by atoms with van der Waals surface area (Å²) in [5.41, 5.74) is 5.35. The Bertz CT molecular complexity index is 1100. The van der Waals surface area contributed by atoms with Crippen LogP contribution in [0.5, 0.6) is 0 Å². The van der Waals surface area contributed by atoms with Crippen molar-refractivity contribution in [3.05, 3.63) is 82.0 Å². The largest absolute Gasteiger partial charge is 0.478 e. The third-order valence-electron chi connectivity index (χ3n) is 4.67. The van der Waals surface area contributed by atoms with Gasteiger partial charge in [-0.25, -0.2) is 15.2 Å². The van der Waals surface area contributed by atoms with Gasteiger partial charge in [-0.3, -0.25) is 4.79 Å². The molecule has 1 fully saturated rings. The quantitative estimate of drug-likeness (QED) is 0.559. The van der Waals surface area contributed by atoms with Gasteiger partial charge in [-0.1, -0.05) is 28.1 Å². The third kappa shape index (κ3) is 3.87. The van der Waals surface area contributed by atoms with E-state index in [0.29, 0.717) is 17.0 Å². The third-order valence-corrected chi connectivity index (χ3v) is 5.19. The lowest BCUT2D eigenvalue weighted by Crippen LogP contribution is -2.36. The molecule has 3 aromatic rings. The number of hydrogen-bond donors (Lipinski definition) is 2. The van der Waals surface area contributed by atoms with Gasteiger partial charge < -0.3 is 9.52 Å². The molecule has 6 nitrogen and oxygen atoms in total. The van der Waals surface area contributed by atoms with Gasteiger partial charge in [0, 0.05) is 15.6 Å². The van der Waals surface area contributed by atoms with E-state index in [1.807, 2.05) is 43.3 Å². The number of carboxylic acids is 1. The Balaban J connectivity index is 1.57. The molecule has 146 valence electrons. The number of benzene rings is 2. The Morgan fingerprint density at radius 3 is 2.45 bits per heavy atom. The monoisotopic (exact) mass is 452 g/mol. The maximum atomic E-state index is 12.9. The topological polar surface area (TPSA) is 82.8 Å². The summed E-state index contributed by atoms with van der Waals surface area (Å²) < 4.78 is 6.88. The minimum atomic E-state index is -1.01. The number of halogens is 1. The van der Waals surface area contributed by atoms with E-state index in [9.17, 15) is 9.59 Å². The molecule has 0 bridgehead atoms. The highest BCUT2D eigenvalue weighted by molar-refractivity contribution is 9.10. The number of nitrogens with zero attached hydrogens (tertiary/aromatic N) is 1. The first kappa shape index (κ1) is 19.2. The molecule has 1 aliphatic rings. The number of carbonyl (C=O) groups excluding carboxylic acids is 1. The second-order valence-corrected chi connectivity index (χ2v) is 7.57. The molecule has 2 aromatic carbocycles. The smallest absolute Gasteiger partial charge is 0.335 e. The number of nitrogens with one attached hydrogen (secondary N) is 1. The van der Waals surface area contributed by atoms with Gasteiger partial charge in [0.1, 0.15) is 11.5 Å². The molecule has 2 heterocycles. The molecular formula is C22H17BrN2O4. The second-order valence-electron chi connectivity index (χ2n) is 6.65. The molecule has 0 saturated carbocycles. The fourth-order valence-electron chi connectivity index (χ4n) is 3.12. The number of hydrazine groups is 1. The maximum absolute atomic E-state index is 12.9. The van der Waals surface area contributed by atoms with E-state index in [1.165, 1.54) is 17.1 Å². The summed E-state index contributed by atoms with van der Waals surface area (Å²) in [7, 11) is 0. The predicted molar refractivity (Wildman–Crippen MR) is 113 cm³/mol. The van der Waals surface area contributed by atoms with Crippen LogP contribution >= 0.6 is 15.9 Å². The predicted octanol–water partition coefficient (Wildman–Crippen LogP) is 4.73. The van der Waals surface area contributed by atoms with Gasteiger partial charge in [-0.15, -0.1) is 0 Å². The molecule has 4 rings (SSSR count). The van der Waals surface area contributed by atoms with Crippen LogP contribution in [0.2, 0.25) is 0 Å². The molecule has 1 atom stereocenters. The van der Waals surface area contributed by atoms with Crippen molar-refractivity contribution in [3.8, 4) is 11.3 Å². The number of amides is 1. The number of anilines is 1. The van der Waals surface area contributed by atoms with Crippen molar-refractivity contribution in [1.29, 1.82) is 0 Å². The summed E-state index contributed by atoms with van der Waals surface area (Å²) in [6.07, 6.45) is 1.73. The summed E-state index contributed by atoms with van der Waals surface area (Å²) in [6.45, 7) is 1.88. The molecule has 0 spiro atoms. The molecule has 1 amide bonds. The van der Waals surface area contributed by atoms with Gasteiger partial charge >= 0.3 is 5.97 Å². The van der Waals surface area contributed by atoms with E-state index in [4.69, 9.17) is 9.52 Å². The fourth-order valence-corrected chi connectivity index (χ4v) is 3.39. The van der Waals surface area contributed by atoms with Crippen molar-refractivity contribution in [3.63, 3.8) is 0 Å². The van der Waals surface area contributed by atoms with Crippen LogP contribution in [0.3, 0.4) is 0 Å². The normalized spacial score (nSPS) is 17.9. The minimum Gasteiger partial charge on any atom is -0.478 e. The lowest BCUT2D eigenvalue weighted by atomic mass is 10.1. The molecule has 2 N–H and O–H groups in total. The molecule has 0 aliphatic carbocycles. The highest BCUT2D eigenvalue weighted by atomic mass is 79.9. The summed E-state index contributed by atoms with van der Waals surface area (Å²) in [4.78, 5) is 23.9. The van der Waals surface area contributed by atoms with Gasteiger partial charge in [-0.2, -0.15) is 0 Å². The van der Waals surface area contributed by atoms with Crippen molar-refractivity contribution in [2.75, 3.05) is 5.01 Å². The number of carbonyl (C=O) groups is 2. The maximum Gasteiger partial charge on any atom is 0.335 e. The number of carboxylic acid groups (broad SMARTS) is 1. The summed E-state index contributed by atoms with van der Waals surface area (Å²) in [6, 6.07) is 17.4. The number of hydrogen-bond acceptors (Lipinski definition) is 4. The van der Waals surface area contributed by atoms with Crippen LogP contribution in [0.15, 0.2) is 75.1 Å². The average molecular weight is 453 g/mol. The van der Waals surface area contributed by atoms with Crippen LogP contribution < -0.4 is 10.4 Å². The highest BCUT2D eigenvalue weighted by Gasteiger charge is 2.33. The van der Waals surface area contributed by atoms with E-state index in [2.05, 4.69) is 21.4 Å². The zero-order valence-corrected chi connectivity index (χ0v) is 17.0. The SMILES string of the molecule is CC1NN(c2ccc(C(=O)O)cc2)C(=O)/C1=C/c1ccc(-c2ccc(Br)cc2)o1. The molecule has 1 aliphatic heterocycles. The van der Waals surface area contributed by atoms with Crippen LogP contribution in [0, 0.1) is 0 Å².